The van der Waals surface area contributed by atoms with Gasteiger partial charge in [0.2, 0.25) is 0 Å². The van der Waals surface area contributed by atoms with Crippen LogP contribution in [-0.4, -0.2) is 37.4 Å². The van der Waals surface area contributed by atoms with Gasteiger partial charge >= 0.3 is 0 Å². The number of methoxy groups -OCH3 is 1. The van der Waals surface area contributed by atoms with Crippen LogP contribution in [0.15, 0.2) is 48.5 Å². The van der Waals surface area contributed by atoms with E-state index in [1.54, 1.807) is 43.3 Å². The first-order chi connectivity index (χ1) is 11.5. The normalized spacial score (nSPS) is 10.1. The third kappa shape index (κ3) is 4.84. The van der Waals surface area contributed by atoms with Gasteiger partial charge in [-0.15, -0.1) is 0 Å². The van der Waals surface area contributed by atoms with Crippen LogP contribution in [0.2, 0.25) is 0 Å². The number of Topliss-reactive ketones (excluding diaryl/α,β-unsaturated/α-hetero) is 1. The van der Waals surface area contributed by atoms with E-state index in [1.807, 2.05) is 24.3 Å². The maximum absolute atomic E-state index is 12.2. The molecule has 0 saturated heterocycles. The highest BCUT2D eigenvalue weighted by Gasteiger charge is 2.11. The third-order valence-corrected chi connectivity index (χ3v) is 3.58. The molecule has 1 amide bonds. The minimum absolute atomic E-state index is 0.0399. The fourth-order valence-electron chi connectivity index (χ4n) is 2.19. The maximum Gasteiger partial charge on any atom is 0.260 e. The second-order valence-corrected chi connectivity index (χ2v) is 5.47. The Hall–Kier alpha value is -2.82. The minimum atomic E-state index is -0.147. The third-order valence-electron chi connectivity index (χ3n) is 3.58. The Bertz CT molecular complexity index is 727. The van der Waals surface area contributed by atoms with Crippen LogP contribution in [0, 0.1) is 0 Å². The van der Waals surface area contributed by atoms with Gasteiger partial charge < -0.3 is 14.4 Å². The molecule has 0 saturated carbocycles. The van der Waals surface area contributed by atoms with Crippen molar-refractivity contribution in [2.24, 2.45) is 0 Å². The zero-order valence-electron chi connectivity index (χ0n) is 14.1. The Kier molecular flexibility index (Phi) is 5.95. The highest BCUT2D eigenvalue weighted by molar-refractivity contribution is 5.94. The van der Waals surface area contributed by atoms with E-state index < -0.39 is 0 Å². The molecule has 2 rings (SSSR count). The van der Waals surface area contributed by atoms with Gasteiger partial charge in [0.05, 0.1) is 7.11 Å². The van der Waals surface area contributed by atoms with Crippen molar-refractivity contribution in [2.45, 2.75) is 13.5 Å². The molecule has 0 bridgehead atoms. The van der Waals surface area contributed by atoms with Gasteiger partial charge in [0.15, 0.2) is 12.4 Å². The predicted molar refractivity (Wildman–Crippen MR) is 91.4 cm³/mol. The number of rotatable bonds is 7. The average Bonchev–Trinajstić information content (AvgIpc) is 2.60. The summed E-state index contributed by atoms with van der Waals surface area (Å²) in [6.07, 6.45) is 0. The molecule has 5 nitrogen and oxygen atoms in total. The number of benzene rings is 2. The zero-order chi connectivity index (χ0) is 17.5. The molecule has 0 unspecified atom stereocenters. The van der Waals surface area contributed by atoms with Gasteiger partial charge in [-0.3, -0.25) is 9.59 Å². The Morgan fingerprint density at radius 1 is 1.04 bits per heavy atom. The number of carbonyl (C=O) groups excluding carboxylic acids is 2. The van der Waals surface area contributed by atoms with Crippen LogP contribution in [0.4, 0.5) is 0 Å². The summed E-state index contributed by atoms with van der Waals surface area (Å²) in [5.41, 5.74) is 1.54. The lowest BCUT2D eigenvalue weighted by Gasteiger charge is -2.18. The summed E-state index contributed by atoms with van der Waals surface area (Å²) in [5, 5.41) is 0. The lowest BCUT2D eigenvalue weighted by atomic mass is 10.1. The van der Waals surface area contributed by atoms with Crippen molar-refractivity contribution in [3.63, 3.8) is 0 Å². The summed E-state index contributed by atoms with van der Waals surface area (Å²) in [4.78, 5) is 25.1. The van der Waals surface area contributed by atoms with Crippen LogP contribution in [0.3, 0.4) is 0 Å². The smallest absolute Gasteiger partial charge is 0.260 e. The summed E-state index contributed by atoms with van der Waals surface area (Å²) < 4.78 is 10.7. The Labute approximate surface area is 141 Å². The van der Waals surface area contributed by atoms with E-state index in [0.29, 0.717) is 17.9 Å². The number of nitrogens with zero attached hydrogens (tertiary/aromatic N) is 1. The number of hydrogen-bond donors (Lipinski definition) is 0. The molecule has 0 N–H and O–H groups in total. The van der Waals surface area contributed by atoms with Crippen LogP contribution < -0.4 is 9.47 Å². The van der Waals surface area contributed by atoms with E-state index in [9.17, 15) is 9.59 Å². The van der Waals surface area contributed by atoms with Crippen molar-refractivity contribution in [3.8, 4) is 11.5 Å². The molecule has 2 aromatic rings. The van der Waals surface area contributed by atoms with Gasteiger partial charge in [-0.05, 0) is 36.8 Å². The summed E-state index contributed by atoms with van der Waals surface area (Å²) in [6.45, 7) is 1.88. The van der Waals surface area contributed by atoms with Gasteiger partial charge in [0.1, 0.15) is 11.5 Å². The zero-order valence-corrected chi connectivity index (χ0v) is 14.1. The first-order valence-corrected chi connectivity index (χ1v) is 7.60. The van der Waals surface area contributed by atoms with E-state index >= 15 is 0 Å². The number of amides is 1. The van der Waals surface area contributed by atoms with Crippen molar-refractivity contribution in [1.29, 1.82) is 0 Å². The summed E-state index contributed by atoms with van der Waals surface area (Å²) >= 11 is 0. The highest BCUT2D eigenvalue weighted by Crippen LogP contribution is 2.15. The number of hydrogen-bond acceptors (Lipinski definition) is 4. The standard InChI is InChI=1S/C19H21NO4/c1-14(21)16-7-5-9-18(11-16)24-13-19(22)20(2)12-15-6-4-8-17(10-15)23-3/h4-11H,12-13H2,1-3H3. The Morgan fingerprint density at radius 3 is 2.46 bits per heavy atom. The number of likely N-dealkylation sites (N-methyl/N-ethyl adjacent to an activating group) is 1. The molecular weight excluding hydrogens is 306 g/mol. The largest absolute Gasteiger partial charge is 0.497 e. The van der Waals surface area contributed by atoms with Crippen LogP contribution in [-0.2, 0) is 11.3 Å². The van der Waals surface area contributed by atoms with E-state index in [1.165, 1.54) is 6.92 Å². The van der Waals surface area contributed by atoms with Gasteiger partial charge in [0.25, 0.3) is 5.91 Å². The molecular formula is C19H21NO4. The van der Waals surface area contributed by atoms with Crippen LogP contribution in [0.1, 0.15) is 22.8 Å². The first kappa shape index (κ1) is 17.5. The molecule has 24 heavy (non-hydrogen) atoms. The van der Waals surface area contributed by atoms with Crippen molar-refractivity contribution >= 4 is 11.7 Å². The van der Waals surface area contributed by atoms with E-state index in [-0.39, 0.29) is 18.3 Å². The molecule has 0 aromatic heterocycles. The van der Waals surface area contributed by atoms with Gasteiger partial charge in [-0.2, -0.15) is 0 Å². The van der Waals surface area contributed by atoms with E-state index in [0.717, 1.165) is 11.3 Å². The molecule has 0 aliphatic heterocycles. The first-order valence-electron chi connectivity index (χ1n) is 7.60. The summed E-state index contributed by atoms with van der Waals surface area (Å²) in [7, 11) is 3.33. The Balaban J connectivity index is 1.91. The van der Waals surface area contributed by atoms with Crippen molar-refractivity contribution in [1.82, 2.24) is 4.90 Å². The predicted octanol–water partition coefficient (Wildman–Crippen LogP) is 2.94. The fourth-order valence-corrected chi connectivity index (χ4v) is 2.19. The topological polar surface area (TPSA) is 55.8 Å². The highest BCUT2D eigenvalue weighted by atomic mass is 16.5. The number of ether oxygens (including phenoxy) is 2. The molecule has 2 aromatic carbocycles. The van der Waals surface area contributed by atoms with E-state index in [4.69, 9.17) is 9.47 Å². The molecule has 0 aliphatic rings. The monoisotopic (exact) mass is 327 g/mol. The van der Waals surface area contributed by atoms with Gasteiger partial charge in [-0.1, -0.05) is 24.3 Å². The summed E-state index contributed by atoms with van der Waals surface area (Å²) in [5.74, 6) is 1.07. The average molecular weight is 327 g/mol. The number of carbonyl (C=O) groups is 2. The number of ketones is 1. The lowest BCUT2D eigenvalue weighted by Crippen LogP contribution is -2.30. The molecule has 0 aliphatic carbocycles. The molecule has 0 heterocycles. The van der Waals surface area contributed by atoms with E-state index in [2.05, 4.69) is 0 Å². The van der Waals surface area contributed by atoms with Crippen LogP contribution in [0.5, 0.6) is 11.5 Å². The molecule has 126 valence electrons. The van der Waals surface area contributed by atoms with Crippen molar-refractivity contribution < 1.29 is 19.1 Å². The fraction of sp³-hybridized carbons (Fsp3) is 0.263. The Morgan fingerprint density at radius 2 is 1.75 bits per heavy atom. The molecule has 0 atom stereocenters. The summed E-state index contributed by atoms with van der Waals surface area (Å²) in [6, 6.07) is 14.4. The molecule has 0 spiro atoms. The molecule has 5 heteroatoms. The van der Waals surface area contributed by atoms with Crippen molar-refractivity contribution in [2.75, 3.05) is 20.8 Å². The van der Waals surface area contributed by atoms with Gasteiger partial charge in [0, 0.05) is 19.2 Å². The van der Waals surface area contributed by atoms with Crippen LogP contribution >= 0.6 is 0 Å². The lowest BCUT2D eigenvalue weighted by molar-refractivity contribution is -0.132. The quantitative estimate of drug-likeness (QED) is 0.734. The van der Waals surface area contributed by atoms with Crippen molar-refractivity contribution in [3.05, 3.63) is 59.7 Å². The second-order valence-electron chi connectivity index (χ2n) is 5.47. The molecule has 0 fully saturated rings. The minimum Gasteiger partial charge on any atom is -0.497 e. The van der Waals surface area contributed by atoms with Gasteiger partial charge in [-0.25, -0.2) is 0 Å². The molecule has 0 radical (unpaired) electrons. The van der Waals surface area contributed by atoms with Crippen LogP contribution in [0.25, 0.3) is 0 Å². The maximum atomic E-state index is 12.2. The SMILES string of the molecule is COc1cccc(CN(C)C(=O)COc2cccc(C(C)=O)c2)c1. The second kappa shape index (κ2) is 8.15.